The maximum Gasteiger partial charge on any atom is 0.404 e. The van der Waals surface area contributed by atoms with Crippen molar-refractivity contribution < 1.29 is 19.8 Å². The number of amides is 2. The Hall–Kier alpha value is -1.30. The molecule has 6 nitrogen and oxygen atoms in total. The molecule has 16 heavy (non-hydrogen) atoms. The van der Waals surface area contributed by atoms with E-state index < -0.39 is 6.09 Å². The molecule has 0 heterocycles. The zero-order valence-corrected chi connectivity index (χ0v) is 9.91. The first-order chi connectivity index (χ1) is 7.27. The molecule has 0 aromatic heterocycles. The highest BCUT2D eigenvalue weighted by Crippen LogP contribution is 2.18. The van der Waals surface area contributed by atoms with Crippen LogP contribution in [0.1, 0.15) is 27.2 Å². The predicted molar refractivity (Wildman–Crippen MR) is 59.1 cm³/mol. The van der Waals surface area contributed by atoms with Gasteiger partial charge in [-0.15, -0.1) is 0 Å². The van der Waals surface area contributed by atoms with Gasteiger partial charge in [0.2, 0.25) is 5.91 Å². The van der Waals surface area contributed by atoms with Crippen molar-refractivity contribution in [3.63, 3.8) is 0 Å². The van der Waals surface area contributed by atoms with Crippen molar-refractivity contribution in [3.8, 4) is 0 Å². The lowest BCUT2D eigenvalue weighted by atomic mass is 9.87. The number of carboxylic acid groups (broad SMARTS) is 1. The maximum atomic E-state index is 11.4. The summed E-state index contributed by atoms with van der Waals surface area (Å²) in [5.41, 5.74) is -0.232. The fourth-order valence-corrected chi connectivity index (χ4v) is 1.09. The van der Waals surface area contributed by atoms with E-state index in [1.54, 1.807) is 0 Å². The summed E-state index contributed by atoms with van der Waals surface area (Å²) in [5.74, 6) is -0.275. The minimum atomic E-state index is -1.15. The smallest absolute Gasteiger partial charge is 0.404 e. The summed E-state index contributed by atoms with van der Waals surface area (Å²) in [7, 11) is 0. The average molecular weight is 232 g/mol. The number of carbonyl (C=O) groups excluding carboxylic acids is 1. The van der Waals surface area contributed by atoms with Gasteiger partial charge in [0.15, 0.2) is 0 Å². The van der Waals surface area contributed by atoms with Gasteiger partial charge in [0.1, 0.15) is 0 Å². The molecule has 0 aliphatic rings. The van der Waals surface area contributed by atoms with E-state index in [9.17, 15) is 9.59 Å². The van der Waals surface area contributed by atoms with Crippen LogP contribution in [-0.2, 0) is 4.79 Å². The molecule has 0 saturated heterocycles. The normalized spacial score (nSPS) is 13.0. The first-order valence-electron chi connectivity index (χ1n) is 5.14. The zero-order chi connectivity index (χ0) is 12.8. The summed E-state index contributed by atoms with van der Waals surface area (Å²) in [6.07, 6.45) is -1.08. The third-order valence-electron chi connectivity index (χ3n) is 2.19. The van der Waals surface area contributed by atoms with Crippen molar-refractivity contribution in [3.05, 3.63) is 0 Å². The van der Waals surface area contributed by atoms with Crippen molar-refractivity contribution >= 4 is 12.0 Å². The summed E-state index contributed by atoms with van der Waals surface area (Å²) >= 11 is 0. The van der Waals surface area contributed by atoms with Gasteiger partial charge < -0.3 is 20.8 Å². The van der Waals surface area contributed by atoms with E-state index in [2.05, 4.69) is 10.6 Å². The van der Waals surface area contributed by atoms with E-state index in [0.717, 1.165) is 0 Å². The minimum Gasteiger partial charge on any atom is -0.465 e. The lowest BCUT2D eigenvalue weighted by Crippen LogP contribution is -2.46. The fourth-order valence-electron chi connectivity index (χ4n) is 1.09. The lowest BCUT2D eigenvalue weighted by Gasteiger charge is -2.29. The van der Waals surface area contributed by atoms with Crippen LogP contribution in [0, 0.1) is 5.41 Å². The predicted octanol–water partition coefficient (Wildman–Crippen LogP) is 0.167. The molecule has 94 valence electrons. The zero-order valence-electron chi connectivity index (χ0n) is 9.91. The van der Waals surface area contributed by atoms with Crippen LogP contribution in [-0.4, -0.2) is 41.4 Å². The quantitative estimate of drug-likeness (QED) is 0.543. The van der Waals surface area contributed by atoms with Gasteiger partial charge in [-0.25, -0.2) is 4.79 Å². The van der Waals surface area contributed by atoms with Crippen molar-refractivity contribution in [1.29, 1.82) is 0 Å². The van der Waals surface area contributed by atoms with Gasteiger partial charge >= 0.3 is 6.09 Å². The second-order valence-corrected chi connectivity index (χ2v) is 4.65. The lowest BCUT2D eigenvalue weighted by molar-refractivity contribution is -0.122. The molecule has 0 aliphatic carbocycles. The second kappa shape index (κ2) is 6.32. The number of aliphatic hydroxyl groups excluding tert-OH is 1. The van der Waals surface area contributed by atoms with Gasteiger partial charge in [-0.3, -0.25) is 4.79 Å². The Labute approximate surface area is 95.0 Å². The molecule has 2 amide bonds. The van der Waals surface area contributed by atoms with E-state index in [4.69, 9.17) is 10.2 Å². The van der Waals surface area contributed by atoms with Crippen LogP contribution in [0.4, 0.5) is 4.79 Å². The van der Waals surface area contributed by atoms with Crippen LogP contribution in [0.5, 0.6) is 0 Å². The van der Waals surface area contributed by atoms with Crippen molar-refractivity contribution in [2.75, 3.05) is 13.2 Å². The van der Waals surface area contributed by atoms with Crippen LogP contribution in [0.3, 0.4) is 0 Å². The van der Waals surface area contributed by atoms with E-state index in [0.29, 0.717) is 0 Å². The number of aliphatic hydroxyl groups is 1. The molecule has 0 unspecified atom stereocenters. The Balaban J connectivity index is 3.98. The molecule has 0 fully saturated rings. The topological polar surface area (TPSA) is 98.7 Å². The van der Waals surface area contributed by atoms with Gasteiger partial charge in [0, 0.05) is 13.0 Å². The van der Waals surface area contributed by atoms with Crippen LogP contribution in [0.2, 0.25) is 0 Å². The molecule has 0 rings (SSSR count). The molecule has 0 radical (unpaired) electrons. The van der Waals surface area contributed by atoms with E-state index >= 15 is 0 Å². The van der Waals surface area contributed by atoms with Crippen LogP contribution < -0.4 is 10.6 Å². The molecule has 6 heteroatoms. The van der Waals surface area contributed by atoms with Crippen molar-refractivity contribution in [2.24, 2.45) is 5.41 Å². The highest BCUT2D eigenvalue weighted by Gasteiger charge is 2.25. The summed E-state index contributed by atoms with van der Waals surface area (Å²) < 4.78 is 0. The number of nitrogens with one attached hydrogen (secondary N) is 2. The van der Waals surface area contributed by atoms with Crippen LogP contribution in [0.15, 0.2) is 0 Å². The Kier molecular flexibility index (Phi) is 5.81. The van der Waals surface area contributed by atoms with Gasteiger partial charge in [-0.1, -0.05) is 20.8 Å². The molecule has 4 N–H and O–H groups in total. The molecule has 1 atom stereocenters. The molecule has 0 aromatic rings. The molecule has 0 spiro atoms. The van der Waals surface area contributed by atoms with Crippen molar-refractivity contribution in [1.82, 2.24) is 10.6 Å². The van der Waals surface area contributed by atoms with Gasteiger partial charge in [-0.05, 0) is 5.41 Å². The standard InChI is InChI=1S/C10H20N2O4/c1-10(2,3)7(6-13)12-8(14)4-5-11-9(15)16/h7,11,13H,4-6H2,1-3H3,(H,12,14)(H,15,16)/t7-/m0/s1. The summed E-state index contributed by atoms with van der Waals surface area (Å²) in [5, 5.41) is 22.2. The Morgan fingerprint density at radius 3 is 2.25 bits per heavy atom. The highest BCUT2D eigenvalue weighted by molar-refractivity contribution is 5.77. The monoisotopic (exact) mass is 232 g/mol. The molecular weight excluding hydrogens is 212 g/mol. The van der Waals surface area contributed by atoms with E-state index in [-0.39, 0.29) is 36.9 Å². The van der Waals surface area contributed by atoms with Crippen LogP contribution >= 0.6 is 0 Å². The Morgan fingerprint density at radius 1 is 1.31 bits per heavy atom. The second-order valence-electron chi connectivity index (χ2n) is 4.65. The average Bonchev–Trinajstić information content (AvgIpc) is 2.11. The summed E-state index contributed by atoms with van der Waals surface area (Å²) in [6.45, 7) is 5.65. The first-order valence-corrected chi connectivity index (χ1v) is 5.14. The number of hydrogen-bond donors (Lipinski definition) is 4. The molecule has 0 bridgehead atoms. The fraction of sp³-hybridized carbons (Fsp3) is 0.800. The molecular formula is C10H20N2O4. The van der Waals surface area contributed by atoms with E-state index in [1.165, 1.54) is 0 Å². The Morgan fingerprint density at radius 2 is 1.88 bits per heavy atom. The van der Waals surface area contributed by atoms with E-state index in [1.807, 2.05) is 20.8 Å². The van der Waals surface area contributed by atoms with Crippen molar-refractivity contribution in [2.45, 2.75) is 33.2 Å². The highest BCUT2D eigenvalue weighted by atomic mass is 16.4. The number of rotatable bonds is 5. The van der Waals surface area contributed by atoms with Gasteiger partial charge in [-0.2, -0.15) is 0 Å². The largest absolute Gasteiger partial charge is 0.465 e. The molecule has 0 aromatic carbocycles. The third kappa shape index (κ3) is 6.23. The minimum absolute atomic E-state index is 0.0683. The number of carbonyl (C=O) groups is 2. The summed E-state index contributed by atoms with van der Waals surface area (Å²) in [4.78, 5) is 21.5. The SMILES string of the molecule is CC(C)(C)[C@H](CO)NC(=O)CCNC(=O)O. The number of hydrogen-bond acceptors (Lipinski definition) is 3. The van der Waals surface area contributed by atoms with Gasteiger partial charge in [0.25, 0.3) is 0 Å². The van der Waals surface area contributed by atoms with Crippen LogP contribution in [0.25, 0.3) is 0 Å². The Bertz CT molecular complexity index is 248. The molecule has 0 saturated carbocycles. The maximum absolute atomic E-state index is 11.4. The van der Waals surface area contributed by atoms with Gasteiger partial charge in [0.05, 0.1) is 12.6 Å². The third-order valence-corrected chi connectivity index (χ3v) is 2.19. The first kappa shape index (κ1) is 14.7. The molecule has 0 aliphatic heterocycles. The summed E-state index contributed by atoms with van der Waals surface area (Å²) in [6, 6.07) is -0.329.